The maximum Gasteiger partial charge on any atom is 0.407 e. The van der Waals surface area contributed by atoms with Crippen molar-refractivity contribution in [3.8, 4) is 0 Å². The zero-order chi connectivity index (χ0) is 11.9. The molecule has 0 aromatic carbocycles. The number of nitrogens with one attached hydrogen (secondary N) is 1. The summed E-state index contributed by atoms with van der Waals surface area (Å²) >= 11 is 4.88. The van der Waals surface area contributed by atoms with Crippen molar-refractivity contribution < 1.29 is 9.53 Å². The molecule has 0 aliphatic rings. The van der Waals surface area contributed by atoms with Crippen molar-refractivity contribution in [2.45, 2.75) is 33.6 Å². The molecular formula is C10H20N2O2S. The van der Waals surface area contributed by atoms with E-state index in [0.29, 0.717) is 18.1 Å². The Kier molecular flexibility index (Phi) is 6.24. The highest BCUT2D eigenvalue weighted by Crippen LogP contribution is 2.13. The molecule has 0 radical (unpaired) electrons. The molecule has 0 saturated carbocycles. The van der Waals surface area contributed by atoms with Crippen LogP contribution in [-0.2, 0) is 4.74 Å². The van der Waals surface area contributed by atoms with Crippen LogP contribution < -0.4 is 11.1 Å². The average Bonchev–Trinajstić information content (AvgIpc) is 2.15. The van der Waals surface area contributed by atoms with E-state index in [-0.39, 0.29) is 5.41 Å². The summed E-state index contributed by atoms with van der Waals surface area (Å²) in [5, 5.41) is 2.63. The third-order valence-electron chi connectivity index (χ3n) is 2.07. The molecule has 0 fully saturated rings. The summed E-state index contributed by atoms with van der Waals surface area (Å²) in [4.78, 5) is 11.6. The zero-order valence-electron chi connectivity index (χ0n) is 9.63. The van der Waals surface area contributed by atoms with Gasteiger partial charge in [-0.25, -0.2) is 4.79 Å². The molecule has 0 aromatic rings. The van der Waals surface area contributed by atoms with E-state index in [1.165, 1.54) is 0 Å². The number of nitrogens with two attached hydrogens (primary N) is 1. The van der Waals surface area contributed by atoms with Crippen LogP contribution in [-0.4, -0.2) is 24.2 Å². The van der Waals surface area contributed by atoms with E-state index in [9.17, 15) is 4.79 Å². The number of carbonyl (C=O) groups is 1. The van der Waals surface area contributed by atoms with Crippen LogP contribution >= 0.6 is 12.2 Å². The summed E-state index contributed by atoms with van der Waals surface area (Å²) in [5.41, 5.74) is 5.14. The summed E-state index contributed by atoms with van der Waals surface area (Å²) in [6.07, 6.45) is 1.48. The SMILES string of the molecule is CCCCOC(=O)NCC(C)(C)C(N)=S. The third-order valence-corrected chi connectivity index (χ3v) is 2.63. The van der Waals surface area contributed by atoms with E-state index < -0.39 is 6.09 Å². The van der Waals surface area contributed by atoms with E-state index >= 15 is 0 Å². The fourth-order valence-electron chi connectivity index (χ4n) is 0.740. The quantitative estimate of drug-likeness (QED) is 0.541. The Morgan fingerprint density at radius 3 is 2.60 bits per heavy atom. The molecule has 0 rings (SSSR count). The number of unbranched alkanes of at least 4 members (excludes halogenated alkanes) is 1. The second-order valence-electron chi connectivity index (χ2n) is 4.09. The maximum atomic E-state index is 11.2. The minimum Gasteiger partial charge on any atom is -0.450 e. The topological polar surface area (TPSA) is 64.3 Å². The van der Waals surface area contributed by atoms with Gasteiger partial charge in [0.2, 0.25) is 0 Å². The van der Waals surface area contributed by atoms with Crippen LogP contribution in [0.15, 0.2) is 0 Å². The van der Waals surface area contributed by atoms with Crippen molar-refractivity contribution in [1.29, 1.82) is 0 Å². The van der Waals surface area contributed by atoms with Crippen LogP contribution in [0.3, 0.4) is 0 Å². The second-order valence-corrected chi connectivity index (χ2v) is 4.53. The Morgan fingerprint density at radius 2 is 2.13 bits per heavy atom. The van der Waals surface area contributed by atoms with Gasteiger partial charge in [-0.3, -0.25) is 0 Å². The lowest BCUT2D eigenvalue weighted by Crippen LogP contribution is -2.41. The Hall–Kier alpha value is -0.840. The van der Waals surface area contributed by atoms with Gasteiger partial charge in [0.05, 0.1) is 11.6 Å². The van der Waals surface area contributed by atoms with Gasteiger partial charge in [-0.05, 0) is 6.42 Å². The summed E-state index contributed by atoms with van der Waals surface area (Å²) < 4.78 is 4.92. The van der Waals surface area contributed by atoms with Gasteiger partial charge >= 0.3 is 6.09 Å². The molecule has 0 aromatic heterocycles. The van der Waals surface area contributed by atoms with Gasteiger partial charge in [-0.2, -0.15) is 0 Å². The molecule has 0 spiro atoms. The van der Waals surface area contributed by atoms with Crippen LogP contribution in [0.25, 0.3) is 0 Å². The molecule has 0 aliphatic carbocycles. The highest BCUT2D eigenvalue weighted by molar-refractivity contribution is 7.80. The molecule has 0 aliphatic heterocycles. The third kappa shape index (κ3) is 6.28. The van der Waals surface area contributed by atoms with Gasteiger partial charge in [0.15, 0.2) is 0 Å². The van der Waals surface area contributed by atoms with E-state index in [4.69, 9.17) is 22.7 Å². The van der Waals surface area contributed by atoms with Gasteiger partial charge in [0, 0.05) is 12.0 Å². The lowest BCUT2D eigenvalue weighted by molar-refractivity contribution is 0.142. The van der Waals surface area contributed by atoms with Gasteiger partial charge in [0.25, 0.3) is 0 Å². The van der Waals surface area contributed by atoms with Crippen molar-refractivity contribution in [1.82, 2.24) is 5.32 Å². The van der Waals surface area contributed by atoms with Crippen LogP contribution in [0.1, 0.15) is 33.6 Å². The standard InChI is InChI=1S/C10H20N2O2S/c1-4-5-6-14-9(13)12-7-10(2,3)8(11)15/h4-7H2,1-3H3,(H2,11,15)(H,12,13). The Labute approximate surface area is 96.5 Å². The Morgan fingerprint density at radius 1 is 1.53 bits per heavy atom. The van der Waals surface area contributed by atoms with Crippen molar-refractivity contribution in [2.24, 2.45) is 11.1 Å². The molecule has 0 heterocycles. The van der Waals surface area contributed by atoms with Gasteiger partial charge in [-0.1, -0.05) is 39.4 Å². The highest BCUT2D eigenvalue weighted by Gasteiger charge is 2.22. The summed E-state index contributed by atoms with van der Waals surface area (Å²) in [5.74, 6) is 0. The summed E-state index contributed by atoms with van der Waals surface area (Å²) in [6, 6.07) is 0. The van der Waals surface area contributed by atoms with Crippen molar-refractivity contribution in [2.75, 3.05) is 13.2 Å². The summed E-state index contributed by atoms with van der Waals surface area (Å²) in [7, 11) is 0. The first kappa shape index (κ1) is 14.2. The molecule has 0 saturated heterocycles. The minimum absolute atomic E-state index is 0.376. The number of thiocarbonyl (C=S) groups is 1. The molecular weight excluding hydrogens is 212 g/mol. The number of hydrogen-bond donors (Lipinski definition) is 2. The van der Waals surface area contributed by atoms with Gasteiger partial charge in [0.1, 0.15) is 0 Å². The molecule has 1 amide bonds. The Bertz CT molecular complexity index is 229. The van der Waals surface area contributed by atoms with Gasteiger partial charge in [-0.15, -0.1) is 0 Å². The Balaban J connectivity index is 3.75. The fraction of sp³-hybridized carbons (Fsp3) is 0.800. The summed E-state index contributed by atoms with van der Waals surface area (Å²) in [6.45, 7) is 6.64. The van der Waals surface area contributed by atoms with Crippen LogP contribution in [0.5, 0.6) is 0 Å². The molecule has 15 heavy (non-hydrogen) atoms. The van der Waals surface area contributed by atoms with Crippen LogP contribution in [0.4, 0.5) is 4.79 Å². The van der Waals surface area contributed by atoms with Crippen molar-refractivity contribution in [3.05, 3.63) is 0 Å². The number of ether oxygens (including phenoxy) is 1. The highest BCUT2D eigenvalue weighted by atomic mass is 32.1. The molecule has 4 nitrogen and oxygen atoms in total. The fourth-order valence-corrected chi connectivity index (χ4v) is 0.813. The lowest BCUT2D eigenvalue weighted by atomic mass is 9.94. The van der Waals surface area contributed by atoms with E-state index in [1.807, 2.05) is 20.8 Å². The van der Waals surface area contributed by atoms with E-state index in [2.05, 4.69) is 5.32 Å². The van der Waals surface area contributed by atoms with Crippen LogP contribution in [0.2, 0.25) is 0 Å². The second kappa shape index (κ2) is 6.61. The van der Waals surface area contributed by atoms with E-state index in [1.54, 1.807) is 0 Å². The first-order valence-corrected chi connectivity index (χ1v) is 5.51. The van der Waals surface area contributed by atoms with Gasteiger partial charge < -0.3 is 15.8 Å². The first-order chi connectivity index (χ1) is 6.90. The van der Waals surface area contributed by atoms with E-state index in [0.717, 1.165) is 12.8 Å². The lowest BCUT2D eigenvalue weighted by Gasteiger charge is -2.22. The minimum atomic E-state index is -0.409. The maximum absolute atomic E-state index is 11.2. The smallest absolute Gasteiger partial charge is 0.407 e. The average molecular weight is 232 g/mol. The first-order valence-electron chi connectivity index (χ1n) is 5.10. The number of alkyl carbamates (subject to hydrolysis) is 1. The number of hydrogen-bond acceptors (Lipinski definition) is 3. The normalized spacial score (nSPS) is 10.9. The molecule has 88 valence electrons. The number of amides is 1. The largest absolute Gasteiger partial charge is 0.450 e. The predicted molar refractivity (Wildman–Crippen MR) is 64.8 cm³/mol. The predicted octanol–water partition coefficient (Wildman–Crippen LogP) is 1.82. The van der Waals surface area contributed by atoms with Crippen molar-refractivity contribution >= 4 is 23.3 Å². The molecule has 0 bridgehead atoms. The van der Waals surface area contributed by atoms with Crippen molar-refractivity contribution in [3.63, 3.8) is 0 Å². The molecule has 5 heteroatoms. The molecule has 0 atom stereocenters. The zero-order valence-corrected chi connectivity index (χ0v) is 10.4. The molecule has 3 N–H and O–H groups in total. The number of rotatable bonds is 6. The van der Waals surface area contributed by atoms with Crippen LogP contribution in [0, 0.1) is 5.41 Å². The monoisotopic (exact) mass is 232 g/mol. The number of carbonyl (C=O) groups excluding carboxylic acids is 1. The molecule has 0 unspecified atom stereocenters.